The standard InChI is InChI=1S/C15H17NO.C6H6BrNO/c1-10-7-11(2)15(12(3)8-10)14-6-4-5-13(9-17)16-14;7-6-3-1-2-5(4-9)8-6/h4-8,17H,9H2,1-3H3;1-3,9H,4H2. The Kier molecular flexibility index (Phi) is 7.45. The fraction of sp³-hybridized carbons (Fsp3) is 0.238. The molecule has 3 rings (SSSR count). The highest BCUT2D eigenvalue weighted by atomic mass is 79.9. The first-order chi connectivity index (χ1) is 12.4. The molecule has 0 spiro atoms. The van der Waals surface area contributed by atoms with Crippen molar-refractivity contribution in [3.63, 3.8) is 0 Å². The summed E-state index contributed by atoms with van der Waals surface area (Å²) in [5, 5.41) is 17.7. The normalized spacial score (nSPS) is 10.2. The molecule has 136 valence electrons. The molecule has 2 N–H and O–H groups in total. The molecule has 0 saturated heterocycles. The number of hydrogen-bond donors (Lipinski definition) is 2. The molecule has 0 saturated carbocycles. The molecule has 4 nitrogen and oxygen atoms in total. The average molecular weight is 415 g/mol. The summed E-state index contributed by atoms with van der Waals surface area (Å²) in [7, 11) is 0. The molecule has 26 heavy (non-hydrogen) atoms. The molecule has 2 heterocycles. The van der Waals surface area contributed by atoms with Crippen molar-refractivity contribution in [2.45, 2.75) is 34.0 Å². The van der Waals surface area contributed by atoms with Gasteiger partial charge in [0.25, 0.3) is 0 Å². The molecule has 2 aromatic heterocycles. The number of nitrogens with zero attached hydrogens (tertiary/aromatic N) is 2. The van der Waals surface area contributed by atoms with Crippen molar-refractivity contribution in [1.82, 2.24) is 9.97 Å². The Bertz CT molecular complexity index is 858. The Morgan fingerprint density at radius 2 is 1.35 bits per heavy atom. The Labute approximate surface area is 162 Å². The Morgan fingerprint density at radius 1 is 0.808 bits per heavy atom. The molecule has 0 radical (unpaired) electrons. The molecule has 3 aromatic rings. The SMILES string of the molecule is Cc1cc(C)c(-c2cccc(CO)n2)c(C)c1.OCc1cccc(Br)n1. The zero-order chi connectivity index (χ0) is 19.1. The van der Waals surface area contributed by atoms with Crippen LogP contribution in [-0.4, -0.2) is 20.2 Å². The molecule has 0 fully saturated rings. The molecule has 0 aliphatic rings. The number of hydrogen-bond acceptors (Lipinski definition) is 4. The summed E-state index contributed by atoms with van der Waals surface area (Å²) in [6.07, 6.45) is 0. The Hall–Kier alpha value is -2.08. The molecular formula is C21H23BrN2O2. The summed E-state index contributed by atoms with van der Waals surface area (Å²) < 4.78 is 0.758. The van der Waals surface area contributed by atoms with Crippen LogP contribution in [0.25, 0.3) is 11.3 Å². The monoisotopic (exact) mass is 414 g/mol. The molecular weight excluding hydrogens is 392 g/mol. The zero-order valence-electron chi connectivity index (χ0n) is 15.2. The van der Waals surface area contributed by atoms with Crippen molar-refractivity contribution in [1.29, 1.82) is 0 Å². The van der Waals surface area contributed by atoms with E-state index in [9.17, 15) is 0 Å². The van der Waals surface area contributed by atoms with Crippen molar-refractivity contribution in [2.24, 2.45) is 0 Å². The first-order valence-corrected chi connectivity index (χ1v) is 9.11. The first-order valence-electron chi connectivity index (χ1n) is 8.32. The second-order valence-corrected chi connectivity index (χ2v) is 6.87. The molecule has 0 amide bonds. The van der Waals surface area contributed by atoms with Gasteiger partial charge < -0.3 is 10.2 Å². The van der Waals surface area contributed by atoms with Crippen molar-refractivity contribution in [2.75, 3.05) is 0 Å². The van der Waals surface area contributed by atoms with Crippen molar-refractivity contribution >= 4 is 15.9 Å². The van der Waals surface area contributed by atoms with Crippen LogP contribution in [0, 0.1) is 20.8 Å². The van der Waals surface area contributed by atoms with E-state index in [4.69, 9.17) is 10.2 Å². The first kappa shape index (κ1) is 20.2. The van der Waals surface area contributed by atoms with E-state index < -0.39 is 0 Å². The van der Waals surface area contributed by atoms with Gasteiger partial charge in [0, 0.05) is 5.56 Å². The van der Waals surface area contributed by atoms with Crippen LogP contribution in [0.15, 0.2) is 53.1 Å². The van der Waals surface area contributed by atoms with Gasteiger partial charge in [-0.3, -0.25) is 4.98 Å². The Balaban J connectivity index is 0.000000228. The minimum absolute atomic E-state index is 0.000556. The van der Waals surface area contributed by atoms with Gasteiger partial charge in [0.15, 0.2) is 0 Å². The summed E-state index contributed by atoms with van der Waals surface area (Å²) >= 11 is 3.18. The lowest BCUT2D eigenvalue weighted by Gasteiger charge is -2.11. The minimum atomic E-state index is -0.0161. The van der Waals surface area contributed by atoms with Gasteiger partial charge in [0.05, 0.1) is 30.3 Å². The lowest BCUT2D eigenvalue weighted by atomic mass is 9.97. The van der Waals surface area contributed by atoms with Crippen LogP contribution >= 0.6 is 15.9 Å². The number of rotatable bonds is 3. The molecule has 0 atom stereocenters. The van der Waals surface area contributed by atoms with E-state index in [-0.39, 0.29) is 13.2 Å². The van der Waals surface area contributed by atoms with E-state index in [1.54, 1.807) is 6.07 Å². The second kappa shape index (κ2) is 9.57. The summed E-state index contributed by atoms with van der Waals surface area (Å²) in [6, 6.07) is 15.5. The quantitative estimate of drug-likeness (QED) is 0.618. The Morgan fingerprint density at radius 3 is 1.85 bits per heavy atom. The van der Waals surface area contributed by atoms with Crippen molar-refractivity contribution in [3.8, 4) is 11.3 Å². The fourth-order valence-corrected chi connectivity index (χ4v) is 3.21. The minimum Gasteiger partial charge on any atom is -0.390 e. The lowest BCUT2D eigenvalue weighted by molar-refractivity contribution is 0.276. The van der Waals surface area contributed by atoms with Crippen molar-refractivity contribution < 1.29 is 10.2 Å². The highest BCUT2D eigenvalue weighted by Crippen LogP contribution is 2.26. The lowest BCUT2D eigenvalue weighted by Crippen LogP contribution is -1.95. The van der Waals surface area contributed by atoms with Gasteiger partial charge in [0.1, 0.15) is 4.60 Å². The number of halogens is 1. The number of pyridine rings is 2. The van der Waals surface area contributed by atoms with E-state index in [0.717, 1.165) is 10.3 Å². The summed E-state index contributed by atoms with van der Waals surface area (Å²) in [6.45, 7) is 6.28. The van der Waals surface area contributed by atoms with E-state index >= 15 is 0 Å². The van der Waals surface area contributed by atoms with E-state index in [1.165, 1.54) is 22.3 Å². The topological polar surface area (TPSA) is 66.2 Å². The predicted octanol–water partition coefficient (Wildman–Crippen LogP) is 4.50. The summed E-state index contributed by atoms with van der Waals surface area (Å²) in [4.78, 5) is 8.42. The van der Waals surface area contributed by atoms with Crippen LogP contribution in [0.2, 0.25) is 0 Å². The molecule has 5 heteroatoms. The van der Waals surface area contributed by atoms with Gasteiger partial charge in [-0.25, -0.2) is 4.98 Å². The van der Waals surface area contributed by atoms with E-state index in [2.05, 4.69) is 58.8 Å². The van der Waals surface area contributed by atoms with Crippen LogP contribution < -0.4 is 0 Å². The molecule has 0 aliphatic heterocycles. The number of aromatic nitrogens is 2. The van der Waals surface area contributed by atoms with Crippen LogP contribution in [0.5, 0.6) is 0 Å². The molecule has 0 bridgehead atoms. The maximum absolute atomic E-state index is 9.13. The smallest absolute Gasteiger partial charge is 0.106 e. The van der Waals surface area contributed by atoms with Gasteiger partial charge in [-0.2, -0.15) is 0 Å². The highest BCUT2D eigenvalue weighted by molar-refractivity contribution is 9.10. The third-order valence-corrected chi connectivity index (χ3v) is 4.28. The number of aryl methyl sites for hydroxylation is 3. The van der Waals surface area contributed by atoms with Crippen LogP contribution in [0.1, 0.15) is 28.1 Å². The summed E-state index contributed by atoms with van der Waals surface area (Å²) in [5.41, 5.74) is 7.22. The van der Waals surface area contributed by atoms with Gasteiger partial charge in [-0.1, -0.05) is 29.8 Å². The predicted molar refractivity (Wildman–Crippen MR) is 108 cm³/mol. The largest absolute Gasteiger partial charge is 0.390 e. The fourth-order valence-electron chi connectivity index (χ4n) is 2.83. The summed E-state index contributed by atoms with van der Waals surface area (Å²) in [5.74, 6) is 0. The number of benzene rings is 1. The van der Waals surface area contributed by atoms with Crippen LogP contribution in [0.4, 0.5) is 0 Å². The van der Waals surface area contributed by atoms with Gasteiger partial charge in [-0.05, 0) is 72.1 Å². The third kappa shape index (κ3) is 5.46. The molecule has 0 aliphatic carbocycles. The van der Waals surface area contributed by atoms with Crippen LogP contribution in [0.3, 0.4) is 0 Å². The van der Waals surface area contributed by atoms with Gasteiger partial charge >= 0.3 is 0 Å². The average Bonchev–Trinajstić information content (AvgIpc) is 2.61. The molecule has 1 aromatic carbocycles. The maximum Gasteiger partial charge on any atom is 0.106 e. The van der Waals surface area contributed by atoms with E-state index in [1.807, 2.05) is 30.3 Å². The van der Waals surface area contributed by atoms with Crippen molar-refractivity contribution in [3.05, 3.63) is 81.2 Å². The number of aliphatic hydroxyl groups is 2. The third-order valence-electron chi connectivity index (χ3n) is 3.84. The number of aliphatic hydroxyl groups excluding tert-OH is 2. The van der Waals surface area contributed by atoms with E-state index in [0.29, 0.717) is 11.4 Å². The van der Waals surface area contributed by atoms with Crippen LogP contribution in [-0.2, 0) is 13.2 Å². The highest BCUT2D eigenvalue weighted by Gasteiger charge is 2.08. The zero-order valence-corrected chi connectivity index (χ0v) is 16.8. The van der Waals surface area contributed by atoms with Gasteiger partial charge in [-0.15, -0.1) is 0 Å². The second-order valence-electron chi connectivity index (χ2n) is 6.06. The maximum atomic E-state index is 9.13. The van der Waals surface area contributed by atoms with Gasteiger partial charge in [0.2, 0.25) is 0 Å². The molecule has 0 unspecified atom stereocenters.